The van der Waals surface area contributed by atoms with Gasteiger partial charge in [-0.05, 0) is 31.0 Å². The van der Waals surface area contributed by atoms with Crippen molar-refractivity contribution in [2.24, 2.45) is 0 Å². The van der Waals surface area contributed by atoms with Crippen LogP contribution in [-0.4, -0.2) is 20.2 Å². The van der Waals surface area contributed by atoms with E-state index in [4.69, 9.17) is 5.73 Å². The Morgan fingerprint density at radius 3 is 2.54 bits per heavy atom. The number of nitrogens with two attached hydrogens (primary N) is 1. The molecule has 0 atom stereocenters. The minimum atomic E-state index is 0.613. The van der Waals surface area contributed by atoms with Gasteiger partial charge >= 0.3 is 0 Å². The number of rotatable bonds is 6. The van der Waals surface area contributed by atoms with Gasteiger partial charge in [-0.15, -0.1) is 0 Å². The molecular formula is C17H21N7. The van der Waals surface area contributed by atoms with Gasteiger partial charge < -0.3 is 16.4 Å². The van der Waals surface area contributed by atoms with Crippen molar-refractivity contribution in [3.05, 3.63) is 47.9 Å². The van der Waals surface area contributed by atoms with Crippen molar-refractivity contribution in [1.82, 2.24) is 20.2 Å². The number of aryl methyl sites for hydroxylation is 2. The molecule has 5 N–H and O–H groups in total. The fourth-order valence-electron chi connectivity index (χ4n) is 2.42. The standard InChI is InChI=1S/C17H21N7/c1-3-4-12-5-6-13(8-14(12)18)20-16-9-19-10-17(22-16)21-15-7-11(2)23-24-15/h5-10H,3-4,18H2,1-2H3,(H3,20,21,22,23,24). The summed E-state index contributed by atoms with van der Waals surface area (Å²) in [5, 5.41) is 13.3. The number of hydrogen-bond acceptors (Lipinski definition) is 6. The number of aromatic amines is 1. The van der Waals surface area contributed by atoms with Gasteiger partial charge in [0.1, 0.15) is 0 Å². The van der Waals surface area contributed by atoms with Crippen molar-refractivity contribution in [1.29, 1.82) is 0 Å². The minimum Gasteiger partial charge on any atom is -0.398 e. The fraction of sp³-hybridized carbons (Fsp3) is 0.235. The van der Waals surface area contributed by atoms with E-state index in [2.05, 4.69) is 37.7 Å². The molecule has 0 spiro atoms. The highest BCUT2D eigenvalue weighted by Gasteiger charge is 2.04. The summed E-state index contributed by atoms with van der Waals surface area (Å²) < 4.78 is 0. The van der Waals surface area contributed by atoms with Crippen LogP contribution in [0.1, 0.15) is 24.6 Å². The van der Waals surface area contributed by atoms with Crippen LogP contribution in [-0.2, 0) is 6.42 Å². The zero-order valence-electron chi connectivity index (χ0n) is 13.8. The van der Waals surface area contributed by atoms with Gasteiger partial charge in [-0.3, -0.25) is 10.1 Å². The van der Waals surface area contributed by atoms with Crippen LogP contribution in [0.3, 0.4) is 0 Å². The summed E-state index contributed by atoms with van der Waals surface area (Å²) in [6.45, 7) is 4.08. The molecule has 0 radical (unpaired) electrons. The van der Waals surface area contributed by atoms with Gasteiger partial charge in [-0.1, -0.05) is 19.4 Å². The Labute approximate surface area is 140 Å². The molecule has 0 fully saturated rings. The first-order valence-electron chi connectivity index (χ1n) is 7.90. The predicted molar refractivity (Wildman–Crippen MR) is 96.8 cm³/mol. The summed E-state index contributed by atoms with van der Waals surface area (Å²) in [5.74, 6) is 1.95. The Morgan fingerprint density at radius 1 is 1.08 bits per heavy atom. The van der Waals surface area contributed by atoms with Crippen molar-refractivity contribution in [3.8, 4) is 0 Å². The third-order valence-corrected chi connectivity index (χ3v) is 3.53. The first kappa shape index (κ1) is 15.8. The maximum absolute atomic E-state index is 6.10. The van der Waals surface area contributed by atoms with Crippen molar-refractivity contribution in [2.75, 3.05) is 16.4 Å². The number of benzene rings is 1. The van der Waals surface area contributed by atoms with Gasteiger partial charge in [0.15, 0.2) is 17.5 Å². The molecule has 2 aromatic heterocycles. The zero-order valence-corrected chi connectivity index (χ0v) is 13.8. The molecule has 2 heterocycles. The molecule has 0 saturated heterocycles. The smallest absolute Gasteiger partial charge is 0.153 e. The van der Waals surface area contributed by atoms with E-state index in [0.717, 1.165) is 29.9 Å². The lowest BCUT2D eigenvalue weighted by atomic mass is 10.1. The number of hydrogen-bond donors (Lipinski definition) is 4. The van der Waals surface area contributed by atoms with E-state index in [0.29, 0.717) is 17.5 Å². The number of nitrogens with zero attached hydrogens (tertiary/aromatic N) is 3. The second-order valence-electron chi connectivity index (χ2n) is 5.64. The van der Waals surface area contributed by atoms with Crippen molar-refractivity contribution in [3.63, 3.8) is 0 Å². The SMILES string of the molecule is CCCc1ccc(Nc2cncc(Nc3cc(C)[nH]n3)n2)cc1N. The van der Waals surface area contributed by atoms with Crippen LogP contribution in [0.15, 0.2) is 36.7 Å². The van der Waals surface area contributed by atoms with Crippen LogP contribution in [0.5, 0.6) is 0 Å². The molecule has 0 aliphatic rings. The molecule has 7 nitrogen and oxygen atoms in total. The quantitative estimate of drug-likeness (QED) is 0.517. The first-order valence-corrected chi connectivity index (χ1v) is 7.90. The van der Waals surface area contributed by atoms with Crippen molar-refractivity contribution in [2.45, 2.75) is 26.7 Å². The topological polar surface area (TPSA) is 105 Å². The van der Waals surface area contributed by atoms with Crippen LogP contribution < -0.4 is 16.4 Å². The van der Waals surface area contributed by atoms with Gasteiger partial charge in [0.25, 0.3) is 0 Å². The molecule has 24 heavy (non-hydrogen) atoms. The Bertz CT molecular complexity index is 825. The van der Waals surface area contributed by atoms with Gasteiger partial charge in [-0.2, -0.15) is 5.10 Å². The third-order valence-electron chi connectivity index (χ3n) is 3.53. The van der Waals surface area contributed by atoms with E-state index in [9.17, 15) is 0 Å². The Hall–Kier alpha value is -3.09. The van der Waals surface area contributed by atoms with Gasteiger partial charge in [0, 0.05) is 23.1 Å². The molecule has 3 aromatic rings. The van der Waals surface area contributed by atoms with E-state index in [1.54, 1.807) is 12.4 Å². The molecule has 124 valence electrons. The normalized spacial score (nSPS) is 10.6. The monoisotopic (exact) mass is 323 g/mol. The highest BCUT2D eigenvalue weighted by atomic mass is 15.2. The van der Waals surface area contributed by atoms with Crippen LogP contribution in [0.2, 0.25) is 0 Å². The van der Waals surface area contributed by atoms with Crippen LogP contribution in [0.25, 0.3) is 0 Å². The van der Waals surface area contributed by atoms with Crippen LogP contribution in [0, 0.1) is 6.92 Å². The average molecular weight is 323 g/mol. The van der Waals surface area contributed by atoms with E-state index >= 15 is 0 Å². The number of anilines is 5. The van der Waals surface area contributed by atoms with Crippen LogP contribution >= 0.6 is 0 Å². The maximum Gasteiger partial charge on any atom is 0.153 e. The second-order valence-corrected chi connectivity index (χ2v) is 5.64. The summed E-state index contributed by atoms with van der Waals surface area (Å²) in [4.78, 5) is 8.68. The molecule has 1 aromatic carbocycles. The summed E-state index contributed by atoms with van der Waals surface area (Å²) >= 11 is 0. The summed E-state index contributed by atoms with van der Waals surface area (Å²) in [7, 11) is 0. The van der Waals surface area contributed by atoms with Gasteiger partial charge in [0.2, 0.25) is 0 Å². The molecule has 0 bridgehead atoms. The number of nitrogens with one attached hydrogen (secondary N) is 3. The maximum atomic E-state index is 6.10. The number of nitrogen functional groups attached to an aromatic ring is 1. The highest BCUT2D eigenvalue weighted by Crippen LogP contribution is 2.22. The molecule has 0 aliphatic heterocycles. The molecule has 3 rings (SSSR count). The van der Waals surface area contributed by atoms with E-state index in [1.807, 2.05) is 31.2 Å². The van der Waals surface area contributed by atoms with Crippen molar-refractivity contribution >= 4 is 28.8 Å². The molecule has 0 unspecified atom stereocenters. The minimum absolute atomic E-state index is 0.613. The zero-order chi connectivity index (χ0) is 16.9. The molecule has 0 aliphatic carbocycles. The van der Waals surface area contributed by atoms with Crippen LogP contribution in [0.4, 0.5) is 28.8 Å². The Balaban J connectivity index is 1.73. The molecule has 7 heteroatoms. The summed E-state index contributed by atoms with van der Waals surface area (Å²) in [6.07, 6.45) is 5.36. The predicted octanol–water partition coefficient (Wildman–Crippen LogP) is 3.53. The Morgan fingerprint density at radius 2 is 1.88 bits per heavy atom. The summed E-state index contributed by atoms with van der Waals surface area (Å²) in [6, 6.07) is 7.86. The average Bonchev–Trinajstić information content (AvgIpc) is 2.95. The molecular weight excluding hydrogens is 302 g/mol. The number of H-pyrrole nitrogens is 1. The molecule has 0 saturated carbocycles. The highest BCUT2D eigenvalue weighted by molar-refractivity contribution is 5.64. The van der Waals surface area contributed by atoms with E-state index in [1.165, 1.54) is 5.56 Å². The van der Waals surface area contributed by atoms with Gasteiger partial charge in [0.05, 0.1) is 12.4 Å². The van der Waals surface area contributed by atoms with Crippen molar-refractivity contribution < 1.29 is 0 Å². The number of aromatic nitrogens is 4. The molecule has 0 amide bonds. The lowest BCUT2D eigenvalue weighted by Crippen LogP contribution is -2.01. The third kappa shape index (κ3) is 3.81. The van der Waals surface area contributed by atoms with E-state index in [-0.39, 0.29) is 0 Å². The largest absolute Gasteiger partial charge is 0.398 e. The van der Waals surface area contributed by atoms with Gasteiger partial charge in [-0.25, -0.2) is 4.98 Å². The second kappa shape index (κ2) is 6.99. The summed E-state index contributed by atoms with van der Waals surface area (Å²) in [5.41, 5.74) is 9.91. The van der Waals surface area contributed by atoms with E-state index < -0.39 is 0 Å². The lowest BCUT2D eigenvalue weighted by molar-refractivity contribution is 0.924. The lowest BCUT2D eigenvalue weighted by Gasteiger charge is -2.10. The first-order chi connectivity index (χ1) is 11.6. The Kier molecular flexibility index (Phi) is 4.60. The fourth-order valence-corrected chi connectivity index (χ4v) is 2.42.